The molecule has 0 aliphatic heterocycles. The van der Waals surface area contributed by atoms with Gasteiger partial charge in [0.1, 0.15) is 6.54 Å². The van der Waals surface area contributed by atoms with Gasteiger partial charge in [0.15, 0.2) is 0 Å². The predicted molar refractivity (Wildman–Crippen MR) is 62.5 cm³/mol. The average molecular weight is 274 g/mol. The number of rotatable bonds is 4. The molecule has 1 amide bonds. The lowest BCUT2D eigenvalue weighted by Gasteiger charge is -2.08. The van der Waals surface area contributed by atoms with Crippen molar-refractivity contribution in [2.45, 2.75) is 27.3 Å². The van der Waals surface area contributed by atoms with Crippen LogP contribution in [0.25, 0.3) is 0 Å². The van der Waals surface area contributed by atoms with Gasteiger partial charge in [0.2, 0.25) is 5.91 Å². The number of hydrogen-bond acceptors (Lipinski definition) is 2. The van der Waals surface area contributed by atoms with Crippen LogP contribution in [0, 0.1) is 12.8 Å². The topological polar surface area (TPSA) is 46.9 Å². The van der Waals surface area contributed by atoms with Gasteiger partial charge in [0, 0.05) is 6.54 Å². The van der Waals surface area contributed by atoms with E-state index in [0.717, 1.165) is 10.2 Å². The molecule has 0 atom stereocenters. The highest BCUT2D eigenvalue weighted by atomic mass is 79.9. The lowest BCUT2D eigenvalue weighted by molar-refractivity contribution is -0.122. The summed E-state index contributed by atoms with van der Waals surface area (Å²) in [6, 6.07) is 0. The second-order valence-corrected chi connectivity index (χ2v) is 4.79. The lowest BCUT2D eigenvalue weighted by Crippen LogP contribution is -2.31. The fraction of sp³-hybridized carbons (Fsp3) is 0.600. The summed E-state index contributed by atoms with van der Waals surface area (Å²) in [5, 5.41) is 6.94. The normalized spacial score (nSPS) is 10.7. The van der Waals surface area contributed by atoms with Crippen LogP contribution in [0.4, 0.5) is 0 Å². The zero-order valence-electron chi connectivity index (χ0n) is 9.25. The van der Waals surface area contributed by atoms with Crippen molar-refractivity contribution >= 4 is 21.8 Å². The number of nitrogens with zero attached hydrogens (tertiary/aromatic N) is 2. The van der Waals surface area contributed by atoms with Gasteiger partial charge >= 0.3 is 0 Å². The number of hydrogen-bond donors (Lipinski definition) is 1. The van der Waals surface area contributed by atoms with Crippen LogP contribution in [0.2, 0.25) is 0 Å². The SMILES string of the molecule is Cc1c(Br)cnn1CC(=O)NCC(C)C. The Labute approximate surface area is 98.2 Å². The number of carbonyl (C=O) groups excluding carboxylic acids is 1. The molecule has 1 heterocycles. The monoisotopic (exact) mass is 273 g/mol. The summed E-state index contributed by atoms with van der Waals surface area (Å²) < 4.78 is 2.61. The summed E-state index contributed by atoms with van der Waals surface area (Å²) in [5.41, 5.74) is 0.967. The Morgan fingerprint density at radius 1 is 1.67 bits per heavy atom. The third-order valence-corrected chi connectivity index (χ3v) is 2.82. The van der Waals surface area contributed by atoms with Crippen LogP contribution in [-0.2, 0) is 11.3 Å². The van der Waals surface area contributed by atoms with E-state index >= 15 is 0 Å². The minimum absolute atomic E-state index is 0.00222. The van der Waals surface area contributed by atoms with E-state index < -0.39 is 0 Å². The van der Waals surface area contributed by atoms with Crippen LogP contribution < -0.4 is 5.32 Å². The van der Waals surface area contributed by atoms with Crippen molar-refractivity contribution in [3.63, 3.8) is 0 Å². The fourth-order valence-corrected chi connectivity index (χ4v) is 1.39. The van der Waals surface area contributed by atoms with E-state index in [2.05, 4.69) is 40.2 Å². The van der Waals surface area contributed by atoms with Crippen molar-refractivity contribution < 1.29 is 4.79 Å². The van der Waals surface area contributed by atoms with Crippen molar-refractivity contribution in [2.24, 2.45) is 5.92 Å². The Kier molecular flexibility index (Phi) is 4.32. The molecule has 1 rings (SSSR count). The Balaban J connectivity index is 2.48. The number of amides is 1. The Hall–Kier alpha value is -0.840. The van der Waals surface area contributed by atoms with Crippen molar-refractivity contribution in [3.8, 4) is 0 Å². The molecule has 5 heteroatoms. The molecule has 0 fully saturated rings. The summed E-state index contributed by atoms with van der Waals surface area (Å²) in [7, 11) is 0. The van der Waals surface area contributed by atoms with Gasteiger partial charge < -0.3 is 5.32 Å². The zero-order chi connectivity index (χ0) is 11.4. The zero-order valence-corrected chi connectivity index (χ0v) is 10.8. The largest absolute Gasteiger partial charge is 0.354 e. The maximum atomic E-state index is 11.5. The minimum Gasteiger partial charge on any atom is -0.354 e. The van der Waals surface area contributed by atoms with Crippen LogP contribution >= 0.6 is 15.9 Å². The highest BCUT2D eigenvalue weighted by Crippen LogP contribution is 2.13. The van der Waals surface area contributed by atoms with Crippen LogP contribution in [0.3, 0.4) is 0 Å². The Morgan fingerprint density at radius 3 is 2.80 bits per heavy atom. The summed E-state index contributed by atoms with van der Waals surface area (Å²) in [5.74, 6) is 0.474. The molecule has 15 heavy (non-hydrogen) atoms. The summed E-state index contributed by atoms with van der Waals surface area (Å²) in [6.07, 6.45) is 1.70. The first kappa shape index (κ1) is 12.2. The van der Waals surface area contributed by atoms with Crippen molar-refractivity contribution in [3.05, 3.63) is 16.4 Å². The van der Waals surface area contributed by atoms with E-state index in [1.165, 1.54) is 0 Å². The van der Waals surface area contributed by atoms with Gasteiger partial charge in [0.05, 0.1) is 16.4 Å². The molecule has 1 aromatic rings. The highest BCUT2D eigenvalue weighted by Gasteiger charge is 2.08. The molecular weight excluding hydrogens is 258 g/mol. The molecule has 1 aromatic heterocycles. The molecule has 0 saturated heterocycles. The maximum Gasteiger partial charge on any atom is 0.241 e. The van der Waals surface area contributed by atoms with E-state index in [-0.39, 0.29) is 12.5 Å². The smallest absolute Gasteiger partial charge is 0.241 e. The van der Waals surface area contributed by atoms with Gasteiger partial charge in [-0.15, -0.1) is 0 Å². The first-order chi connectivity index (χ1) is 7.00. The molecule has 0 bridgehead atoms. The van der Waals surface area contributed by atoms with Crippen molar-refractivity contribution in [1.29, 1.82) is 0 Å². The number of nitrogens with one attached hydrogen (secondary N) is 1. The van der Waals surface area contributed by atoms with Crippen LogP contribution in [0.1, 0.15) is 19.5 Å². The molecule has 0 aromatic carbocycles. The van der Waals surface area contributed by atoms with E-state index in [0.29, 0.717) is 12.5 Å². The second kappa shape index (κ2) is 5.30. The first-order valence-corrected chi connectivity index (χ1v) is 5.74. The summed E-state index contributed by atoms with van der Waals surface area (Å²) in [4.78, 5) is 11.5. The van der Waals surface area contributed by atoms with E-state index in [1.807, 2.05) is 6.92 Å². The molecule has 1 N–H and O–H groups in total. The first-order valence-electron chi connectivity index (χ1n) is 4.95. The van der Waals surface area contributed by atoms with E-state index in [1.54, 1.807) is 10.9 Å². The van der Waals surface area contributed by atoms with E-state index in [4.69, 9.17) is 0 Å². The average Bonchev–Trinajstić information content (AvgIpc) is 2.47. The molecule has 0 unspecified atom stereocenters. The summed E-state index contributed by atoms with van der Waals surface area (Å²) in [6.45, 7) is 7.04. The highest BCUT2D eigenvalue weighted by molar-refractivity contribution is 9.10. The van der Waals surface area contributed by atoms with Gasteiger partial charge in [-0.2, -0.15) is 5.10 Å². The Bertz CT molecular complexity index is 346. The second-order valence-electron chi connectivity index (χ2n) is 3.93. The maximum absolute atomic E-state index is 11.5. The quantitative estimate of drug-likeness (QED) is 0.908. The fourth-order valence-electron chi connectivity index (χ4n) is 1.09. The van der Waals surface area contributed by atoms with Gasteiger partial charge in [-0.05, 0) is 28.8 Å². The molecular formula is C10H16BrN3O. The molecule has 4 nitrogen and oxygen atoms in total. The number of aromatic nitrogens is 2. The number of carbonyl (C=O) groups is 1. The molecule has 0 aliphatic carbocycles. The standard InChI is InChI=1S/C10H16BrN3O/c1-7(2)4-12-10(15)6-14-8(3)9(11)5-13-14/h5,7H,4,6H2,1-3H3,(H,12,15). The van der Waals surface area contributed by atoms with Crippen LogP contribution in [-0.4, -0.2) is 22.2 Å². The molecule has 0 saturated carbocycles. The third kappa shape index (κ3) is 3.66. The van der Waals surface area contributed by atoms with Gasteiger partial charge in [-0.3, -0.25) is 9.48 Å². The summed E-state index contributed by atoms with van der Waals surface area (Å²) >= 11 is 3.35. The van der Waals surface area contributed by atoms with Crippen LogP contribution in [0.15, 0.2) is 10.7 Å². The molecule has 0 radical (unpaired) electrons. The number of halogens is 1. The van der Waals surface area contributed by atoms with E-state index in [9.17, 15) is 4.79 Å². The third-order valence-electron chi connectivity index (χ3n) is 2.04. The van der Waals surface area contributed by atoms with Crippen molar-refractivity contribution in [2.75, 3.05) is 6.54 Å². The van der Waals surface area contributed by atoms with Crippen LogP contribution in [0.5, 0.6) is 0 Å². The van der Waals surface area contributed by atoms with Crippen molar-refractivity contribution in [1.82, 2.24) is 15.1 Å². The predicted octanol–water partition coefficient (Wildman–Crippen LogP) is 1.73. The molecule has 0 aliphatic rings. The van der Waals surface area contributed by atoms with Gasteiger partial charge in [-0.1, -0.05) is 13.8 Å². The van der Waals surface area contributed by atoms with Gasteiger partial charge in [0.25, 0.3) is 0 Å². The minimum atomic E-state index is 0.00222. The van der Waals surface area contributed by atoms with Gasteiger partial charge in [-0.25, -0.2) is 0 Å². The Morgan fingerprint density at radius 2 is 2.33 bits per heavy atom. The molecule has 0 spiro atoms. The lowest BCUT2D eigenvalue weighted by atomic mass is 10.2. The molecule has 84 valence electrons.